The van der Waals surface area contributed by atoms with E-state index in [-0.39, 0.29) is 5.11 Å². The summed E-state index contributed by atoms with van der Waals surface area (Å²) in [6.07, 6.45) is 1.65. The number of hydrazone groups is 1. The summed E-state index contributed by atoms with van der Waals surface area (Å²) in [5.74, 6) is 1.13. The molecule has 1 aromatic carbocycles. The Morgan fingerprint density at radius 3 is 2.32 bits per heavy atom. The number of alkyl halides is 2. The first-order valence-corrected chi connectivity index (χ1v) is 7.20. The highest BCUT2D eigenvalue weighted by Gasteiger charge is 2.04. The van der Waals surface area contributed by atoms with E-state index >= 15 is 0 Å². The number of nitrogens with two attached hydrogens (primary N) is 1. The van der Waals surface area contributed by atoms with Crippen molar-refractivity contribution < 1.29 is 0 Å². The zero-order chi connectivity index (χ0) is 14.1. The number of nitrogens with zero attached hydrogens (tertiary/aromatic N) is 2. The van der Waals surface area contributed by atoms with Crippen LogP contribution in [0.15, 0.2) is 29.4 Å². The second-order valence-corrected chi connectivity index (χ2v) is 4.89. The number of halogens is 2. The molecule has 3 N–H and O–H groups in total. The highest BCUT2D eigenvalue weighted by molar-refractivity contribution is 7.80. The van der Waals surface area contributed by atoms with E-state index in [1.54, 1.807) is 6.21 Å². The lowest BCUT2D eigenvalue weighted by Gasteiger charge is -2.22. The van der Waals surface area contributed by atoms with Crippen molar-refractivity contribution in [2.45, 2.75) is 0 Å². The molecule has 0 spiro atoms. The van der Waals surface area contributed by atoms with Crippen molar-refractivity contribution in [1.29, 1.82) is 0 Å². The monoisotopic (exact) mass is 318 g/mol. The molecule has 0 aliphatic heterocycles. The molecule has 4 nitrogen and oxygen atoms in total. The molecule has 0 unspecified atom stereocenters. The highest BCUT2D eigenvalue weighted by Crippen LogP contribution is 2.14. The maximum Gasteiger partial charge on any atom is 0.184 e. The Morgan fingerprint density at radius 1 is 1.26 bits per heavy atom. The van der Waals surface area contributed by atoms with Gasteiger partial charge in [-0.05, 0) is 29.9 Å². The first-order valence-electron chi connectivity index (χ1n) is 5.73. The Labute approximate surface area is 128 Å². The van der Waals surface area contributed by atoms with Crippen LogP contribution in [0.5, 0.6) is 0 Å². The first-order chi connectivity index (χ1) is 9.17. The van der Waals surface area contributed by atoms with Crippen LogP contribution in [0.25, 0.3) is 0 Å². The van der Waals surface area contributed by atoms with Crippen LogP contribution < -0.4 is 16.1 Å². The lowest BCUT2D eigenvalue weighted by Crippen LogP contribution is -2.27. The van der Waals surface area contributed by atoms with Crippen molar-refractivity contribution in [2.24, 2.45) is 10.8 Å². The molecule has 0 atom stereocenters. The van der Waals surface area contributed by atoms with Gasteiger partial charge in [0.25, 0.3) is 0 Å². The van der Waals surface area contributed by atoms with Crippen LogP contribution in [0, 0.1) is 0 Å². The smallest absolute Gasteiger partial charge is 0.184 e. The van der Waals surface area contributed by atoms with Crippen LogP contribution in [0.1, 0.15) is 5.56 Å². The molecule has 0 aromatic heterocycles. The van der Waals surface area contributed by atoms with Crippen molar-refractivity contribution in [2.75, 3.05) is 29.7 Å². The maximum atomic E-state index is 5.77. The second kappa shape index (κ2) is 8.96. The van der Waals surface area contributed by atoms with Crippen molar-refractivity contribution in [1.82, 2.24) is 5.43 Å². The van der Waals surface area contributed by atoms with Gasteiger partial charge >= 0.3 is 0 Å². The van der Waals surface area contributed by atoms with E-state index in [0.717, 1.165) is 24.3 Å². The zero-order valence-electron chi connectivity index (χ0n) is 10.4. The van der Waals surface area contributed by atoms with Gasteiger partial charge in [-0.1, -0.05) is 12.1 Å². The maximum absolute atomic E-state index is 5.77. The van der Waals surface area contributed by atoms with Crippen molar-refractivity contribution in [3.05, 3.63) is 29.8 Å². The minimum atomic E-state index is 0.142. The number of benzene rings is 1. The van der Waals surface area contributed by atoms with Gasteiger partial charge in [0.1, 0.15) is 0 Å². The Balaban J connectivity index is 2.68. The van der Waals surface area contributed by atoms with E-state index < -0.39 is 0 Å². The third-order valence-corrected chi connectivity index (χ3v) is 2.78. The number of hydrogen-bond donors (Lipinski definition) is 2. The summed E-state index contributed by atoms with van der Waals surface area (Å²) in [4.78, 5) is 2.13. The predicted molar refractivity (Wildman–Crippen MR) is 87.6 cm³/mol. The van der Waals surface area contributed by atoms with Crippen molar-refractivity contribution >= 4 is 52.4 Å². The fraction of sp³-hybridized carbons (Fsp3) is 0.333. The van der Waals surface area contributed by atoms with Crippen LogP contribution in [-0.4, -0.2) is 36.2 Å². The van der Waals surface area contributed by atoms with E-state index in [9.17, 15) is 0 Å². The van der Waals surface area contributed by atoms with Crippen LogP contribution in [-0.2, 0) is 0 Å². The molecule has 0 heterocycles. The summed E-state index contributed by atoms with van der Waals surface area (Å²) in [5, 5.41) is 4.03. The normalized spacial score (nSPS) is 10.6. The summed E-state index contributed by atoms with van der Waals surface area (Å²) >= 11 is 16.2. The Kier molecular flexibility index (Phi) is 7.55. The van der Waals surface area contributed by atoms with Crippen molar-refractivity contribution in [3.8, 4) is 0 Å². The minimum absolute atomic E-state index is 0.142. The molecular formula is C12H16Cl2N4S. The lowest BCUT2D eigenvalue weighted by atomic mass is 10.2. The van der Waals surface area contributed by atoms with E-state index in [1.165, 1.54) is 0 Å². The van der Waals surface area contributed by atoms with Gasteiger partial charge in [0.05, 0.1) is 6.21 Å². The molecule has 0 aliphatic rings. The standard InChI is InChI=1S/C12H16Cl2N4S/c13-5-7-18(8-6-14)11-3-1-10(2-4-11)9-16-17-12(15)19/h1-4,9H,5-8H2,(H3,15,17,19)/b16-9-. The van der Waals surface area contributed by atoms with Gasteiger partial charge in [0.15, 0.2) is 5.11 Å². The molecule has 0 bridgehead atoms. The average Bonchev–Trinajstić information content (AvgIpc) is 2.39. The third-order valence-electron chi connectivity index (χ3n) is 2.36. The van der Waals surface area contributed by atoms with E-state index in [2.05, 4.69) is 27.6 Å². The quantitative estimate of drug-likeness (QED) is 0.350. The Bertz CT molecular complexity index is 416. The lowest BCUT2D eigenvalue weighted by molar-refractivity contribution is 0.874. The summed E-state index contributed by atoms with van der Waals surface area (Å²) in [6, 6.07) is 7.91. The summed E-state index contributed by atoms with van der Waals surface area (Å²) in [6.45, 7) is 1.54. The van der Waals surface area contributed by atoms with Crippen LogP contribution in [0.3, 0.4) is 0 Å². The number of hydrogen-bond acceptors (Lipinski definition) is 3. The predicted octanol–water partition coefficient (Wildman–Crippen LogP) is 2.14. The van der Waals surface area contributed by atoms with Crippen LogP contribution in [0.4, 0.5) is 5.69 Å². The fourth-order valence-electron chi connectivity index (χ4n) is 1.52. The molecule has 19 heavy (non-hydrogen) atoms. The summed E-state index contributed by atoms with van der Waals surface area (Å²) in [7, 11) is 0. The molecule has 0 saturated carbocycles. The van der Waals surface area contributed by atoms with Crippen LogP contribution >= 0.6 is 35.4 Å². The second-order valence-electron chi connectivity index (χ2n) is 3.69. The first kappa shape index (κ1) is 16.0. The zero-order valence-corrected chi connectivity index (χ0v) is 12.7. The molecular weight excluding hydrogens is 303 g/mol. The Morgan fingerprint density at radius 2 is 1.84 bits per heavy atom. The van der Waals surface area contributed by atoms with Gasteiger partial charge in [-0.2, -0.15) is 5.10 Å². The number of rotatable bonds is 7. The molecule has 104 valence electrons. The van der Waals surface area contributed by atoms with E-state index in [4.69, 9.17) is 28.9 Å². The largest absolute Gasteiger partial charge is 0.375 e. The van der Waals surface area contributed by atoms with Gasteiger partial charge in [-0.3, -0.25) is 5.43 Å². The van der Waals surface area contributed by atoms with Gasteiger partial charge in [0, 0.05) is 30.5 Å². The molecule has 1 aromatic rings. The van der Waals surface area contributed by atoms with Gasteiger partial charge in [-0.25, -0.2) is 0 Å². The molecule has 1 rings (SSSR count). The molecule has 7 heteroatoms. The van der Waals surface area contributed by atoms with Gasteiger partial charge < -0.3 is 10.6 Å². The van der Waals surface area contributed by atoms with E-state index in [0.29, 0.717) is 11.8 Å². The van der Waals surface area contributed by atoms with Crippen molar-refractivity contribution in [3.63, 3.8) is 0 Å². The minimum Gasteiger partial charge on any atom is -0.375 e. The third kappa shape index (κ3) is 6.09. The average molecular weight is 319 g/mol. The molecule has 0 amide bonds. The van der Waals surface area contributed by atoms with E-state index in [1.807, 2.05) is 24.3 Å². The van der Waals surface area contributed by atoms with Gasteiger partial charge in [-0.15, -0.1) is 23.2 Å². The van der Waals surface area contributed by atoms with Crippen LogP contribution in [0.2, 0.25) is 0 Å². The highest BCUT2D eigenvalue weighted by atomic mass is 35.5. The number of anilines is 1. The molecule has 0 fully saturated rings. The number of nitrogens with one attached hydrogen (secondary N) is 1. The Hall–Kier alpha value is -1.04. The molecule has 0 aliphatic carbocycles. The molecule has 0 saturated heterocycles. The van der Waals surface area contributed by atoms with Gasteiger partial charge in [0.2, 0.25) is 0 Å². The SMILES string of the molecule is NC(=S)N/N=C\c1ccc(N(CCCl)CCCl)cc1. The fourth-order valence-corrected chi connectivity index (χ4v) is 1.98. The summed E-state index contributed by atoms with van der Waals surface area (Å²) in [5.41, 5.74) is 9.80. The molecule has 0 radical (unpaired) electrons. The topological polar surface area (TPSA) is 53.6 Å². The summed E-state index contributed by atoms with van der Waals surface area (Å²) < 4.78 is 0. The number of thiocarbonyl (C=S) groups is 1.